The Kier molecular flexibility index (Phi) is 6.02. The minimum atomic E-state index is 0. The molecule has 1 aliphatic rings. The van der Waals surface area contributed by atoms with Crippen LogP contribution in [0.15, 0.2) is 6.20 Å². The zero-order chi connectivity index (χ0) is 10.1. The molecule has 0 spiro atoms. The lowest BCUT2D eigenvalue weighted by molar-refractivity contribution is 0.402. The van der Waals surface area contributed by atoms with E-state index >= 15 is 0 Å². The number of hydrogen-bond acceptors (Lipinski definition) is 6. The molecule has 0 bridgehead atoms. The van der Waals surface area contributed by atoms with Crippen LogP contribution in [-0.4, -0.2) is 37.1 Å². The Balaban J connectivity index is 0.00000112. The van der Waals surface area contributed by atoms with E-state index < -0.39 is 0 Å². The van der Waals surface area contributed by atoms with Crippen molar-refractivity contribution >= 4 is 47.2 Å². The number of hydrogen-bond donors (Lipinski definition) is 2. The molecule has 2 rings (SSSR count). The summed E-state index contributed by atoms with van der Waals surface area (Å²) in [5, 5.41) is 8.37. The zero-order valence-electron chi connectivity index (χ0n) is 8.67. The summed E-state index contributed by atoms with van der Waals surface area (Å²) in [6.45, 7) is 1.71. The maximum Gasteiger partial charge on any atom is 0.225 e. The van der Waals surface area contributed by atoms with Crippen molar-refractivity contribution < 1.29 is 4.74 Å². The summed E-state index contributed by atoms with van der Waals surface area (Å²) < 4.78 is 4.81. The smallest absolute Gasteiger partial charge is 0.225 e. The fraction of sp³-hybridized carbons (Fsp3) is 0.500. The Labute approximate surface area is 110 Å². The highest BCUT2D eigenvalue weighted by Gasteiger charge is 2.25. The van der Waals surface area contributed by atoms with E-state index in [1.54, 1.807) is 6.20 Å². The molecular weight excluding hydrogens is 271 g/mol. The quantitative estimate of drug-likeness (QED) is 0.630. The van der Waals surface area contributed by atoms with Crippen LogP contribution in [0, 0.1) is 5.41 Å². The molecule has 1 saturated heterocycles. The van der Waals surface area contributed by atoms with Gasteiger partial charge < -0.3 is 15.4 Å². The normalized spacial score (nSPS) is 14.5. The Morgan fingerprint density at radius 3 is 2.75 bits per heavy atom. The minimum absolute atomic E-state index is 0. The van der Waals surface area contributed by atoms with Gasteiger partial charge in [-0.2, -0.15) is 0 Å². The molecule has 1 aromatic heterocycles. The van der Waals surface area contributed by atoms with Gasteiger partial charge in [0, 0.05) is 19.1 Å². The number of aromatic nitrogens is 1. The Bertz CT molecular complexity index is 354. The van der Waals surface area contributed by atoms with Crippen LogP contribution in [-0.2, 0) is 4.74 Å². The van der Waals surface area contributed by atoms with E-state index in [1.807, 2.05) is 0 Å². The average Bonchev–Trinajstić information content (AvgIpc) is 2.60. The van der Waals surface area contributed by atoms with Crippen molar-refractivity contribution in [2.24, 2.45) is 5.73 Å². The van der Waals surface area contributed by atoms with Gasteiger partial charge in [0.15, 0.2) is 5.13 Å². The van der Waals surface area contributed by atoms with Crippen LogP contribution in [0.5, 0.6) is 0 Å². The first-order chi connectivity index (χ1) is 6.70. The van der Waals surface area contributed by atoms with E-state index in [0.29, 0.717) is 0 Å². The summed E-state index contributed by atoms with van der Waals surface area (Å²) in [5.41, 5.74) is 5.67. The summed E-state index contributed by atoms with van der Waals surface area (Å²) in [6, 6.07) is 0.268. The van der Waals surface area contributed by atoms with Crippen LogP contribution in [0.1, 0.15) is 4.88 Å². The van der Waals surface area contributed by atoms with Crippen LogP contribution in [0.25, 0.3) is 0 Å². The van der Waals surface area contributed by atoms with E-state index in [4.69, 9.17) is 15.9 Å². The summed E-state index contributed by atoms with van der Waals surface area (Å²) in [7, 11) is 1.49. The number of nitrogens with zero attached hydrogens (tertiary/aromatic N) is 2. The van der Waals surface area contributed by atoms with E-state index in [0.717, 1.165) is 23.1 Å². The van der Waals surface area contributed by atoms with Gasteiger partial charge in [0.2, 0.25) is 5.90 Å². The van der Waals surface area contributed by atoms with Gasteiger partial charge in [0.1, 0.15) is 4.88 Å². The topological polar surface area (TPSA) is 75.2 Å². The Hall–Kier alpha value is -0.560. The molecule has 1 fully saturated rings. The van der Waals surface area contributed by atoms with Gasteiger partial charge in [-0.15, -0.1) is 24.8 Å². The van der Waals surface area contributed by atoms with Crippen molar-refractivity contribution in [2.75, 3.05) is 25.1 Å². The fourth-order valence-corrected chi connectivity index (χ4v) is 2.15. The molecule has 0 radical (unpaired) electrons. The molecule has 0 aromatic carbocycles. The predicted molar refractivity (Wildman–Crippen MR) is 70.6 cm³/mol. The molecule has 1 aliphatic heterocycles. The summed E-state index contributed by atoms with van der Waals surface area (Å²) >= 11 is 1.46. The van der Waals surface area contributed by atoms with E-state index in [1.165, 1.54) is 18.4 Å². The van der Waals surface area contributed by atoms with Crippen LogP contribution < -0.4 is 10.6 Å². The highest BCUT2D eigenvalue weighted by molar-refractivity contribution is 7.17. The molecule has 8 heteroatoms. The van der Waals surface area contributed by atoms with Gasteiger partial charge in [-0.25, -0.2) is 4.98 Å². The first-order valence-electron chi connectivity index (χ1n) is 4.30. The number of thiazole rings is 1. The third kappa shape index (κ3) is 2.98. The second-order valence-electron chi connectivity index (χ2n) is 3.21. The standard InChI is InChI=1S/C8H12N4OS.2ClH/c1-13-7(10)6-2-11-8(14-6)12-3-5(9)4-12;;/h2,5,10H,3-4,9H2,1H3;2*1H. The van der Waals surface area contributed by atoms with Crippen LogP contribution in [0.4, 0.5) is 5.13 Å². The number of ether oxygens (including phenoxy) is 1. The lowest BCUT2D eigenvalue weighted by Gasteiger charge is -2.36. The van der Waals surface area contributed by atoms with Crippen LogP contribution in [0.2, 0.25) is 0 Å². The van der Waals surface area contributed by atoms with Crippen LogP contribution in [0.3, 0.4) is 0 Å². The van der Waals surface area contributed by atoms with Crippen molar-refractivity contribution in [2.45, 2.75) is 6.04 Å². The Morgan fingerprint density at radius 1 is 1.62 bits per heavy atom. The van der Waals surface area contributed by atoms with Gasteiger partial charge in [-0.1, -0.05) is 11.3 Å². The molecule has 0 amide bonds. The summed E-state index contributed by atoms with van der Waals surface area (Å²) in [5.74, 6) is 0.165. The first-order valence-corrected chi connectivity index (χ1v) is 5.11. The average molecular weight is 285 g/mol. The summed E-state index contributed by atoms with van der Waals surface area (Å²) in [6.07, 6.45) is 1.66. The maximum absolute atomic E-state index is 7.45. The lowest BCUT2D eigenvalue weighted by Crippen LogP contribution is -2.55. The Morgan fingerprint density at radius 2 is 2.25 bits per heavy atom. The number of halogens is 2. The van der Waals surface area contributed by atoms with Gasteiger partial charge >= 0.3 is 0 Å². The molecule has 5 nitrogen and oxygen atoms in total. The van der Waals surface area contributed by atoms with Gasteiger partial charge in [0.25, 0.3) is 0 Å². The van der Waals surface area contributed by atoms with E-state index in [9.17, 15) is 0 Å². The third-order valence-electron chi connectivity index (χ3n) is 2.10. The molecular formula is C8H14Cl2N4OS. The molecule has 0 saturated carbocycles. The van der Waals surface area contributed by atoms with Crippen molar-refractivity contribution in [3.05, 3.63) is 11.1 Å². The number of nitrogens with two attached hydrogens (primary N) is 1. The monoisotopic (exact) mass is 284 g/mol. The highest BCUT2D eigenvalue weighted by atomic mass is 35.5. The number of nitrogens with one attached hydrogen (secondary N) is 1. The number of anilines is 1. The number of methoxy groups -OCH3 is 1. The first kappa shape index (κ1) is 15.4. The molecule has 16 heavy (non-hydrogen) atoms. The van der Waals surface area contributed by atoms with E-state index in [2.05, 4.69) is 9.88 Å². The molecule has 0 aliphatic carbocycles. The fourth-order valence-electron chi connectivity index (χ4n) is 1.29. The van der Waals surface area contributed by atoms with Crippen molar-refractivity contribution in [3.63, 3.8) is 0 Å². The zero-order valence-corrected chi connectivity index (χ0v) is 11.1. The number of rotatable bonds is 2. The summed E-state index contributed by atoms with van der Waals surface area (Å²) in [4.78, 5) is 7.06. The van der Waals surface area contributed by atoms with Gasteiger partial charge in [-0.3, -0.25) is 5.41 Å². The molecule has 3 N–H and O–H groups in total. The highest BCUT2D eigenvalue weighted by Crippen LogP contribution is 2.26. The predicted octanol–water partition coefficient (Wildman–Crippen LogP) is 1.11. The molecule has 0 atom stereocenters. The van der Waals surface area contributed by atoms with E-state index in [-0.39, 0.29) is 36.8 Å². The third-order valence-corrected chi connectivity index (χ3v) is 3.16. The molecule has 1 aromatic rings. The largest absolute Gasteiger partial charge is 0.480 e. The molecule has 2 heterocycles. The van der Waals surface area contributed by atoms with Gasteiger partial charge in [0.05, 0.1) is 13.3 Å². The van der Waals surface area contributed by atoms with Crippen molar-refractivity contribution in [1.29, 1.82) is 5.41 Å². The lowest BCUT2D eigenvalue weighted by atomic mass is 10.1. The van der Waals surface area contributed by atoms with Crippen LogP contribution >= 0.6 is 36.2 Å². The van der Waals surface area contributed by atoms with Crippen molar-refractivity contribution in [1.82, 2.24) is 4.98 Å². The maximum atomic E-state index is 7.45. The van der Waals surface area contributed by atoms with Crippen molar-refractivity contribution in [3.8, 4) is 0 Å². The van der Waals surface area contributed by atoms with Gasteiger partial charge in [-0.05, 0) is 0 Å². The molecule has 92 valence electrons. The second-order valence-corrected chi connectivity index (χ2v) is 4.21. The minimum Gasteiger partial charge on any atom is -0.480 e. The SMILES string of the molecule is COC(=N)c1cnc(N2CC(N)C2)s1.Cl.Cl. The molecule has 0 unspecified atom stereocenters. The second kappa shape index (κ2) is 6.24.